The molecule has 0 saturated carbocycles. The van der Waals surface area contributed by atoms with E-state index < -0.39 is 5.76 Å². The van der Waals surface area contributed by atoms with Gasteiger partial charge in [0.1, 0.15) is 0 Å². The molecule has 4 rings (SSSR count). The lowest BCUT2D eigenvalue weighted by atomic mass is 10.3. The Kier molecular flexibility index (Phi) is 5.03. The largest absolute Gasteiger partial charge is 0.419 e. The highest BCUT2D eigenvalue weighted by atomic mass is 32.2. The molecule has 8 heteroatoms. The number of rotatable bonds is 6. The van der Waals surface area contributed by atoms with Gasteiger partial charge in [-0.15, -0.1) is 0 Å². The van der Waals surface area contributed by atoms with Crippen molar-refractivity contribution >= 4 is 34.5 Å². The molecule has 0 saturated heterocycles. The standard InChI is InChI=1S/C20H18N4O3S/c1-23-13-11-21-19(23)28-15-8-6-14(7-9-15)22-18(25)10-12-24-16-4-2-3-5-17(16)27-20(24)26/h2-9,11,13H,10,12H2,1H3,(H,22,25). The Morgan fingerprint density at radius 2 is 1.96 bits per heavy atom. The van der Waals surface area contributed by atoms with Crippen molar-refractivity contribution in [3.05, 3.63) is 71.5 Å². The van der Waals surface area contributed by atoms with Gasteiger partial charge in [-0.1, -0.05) is 23.9 Å². The van der Waals surface area contributed by atoms with Gasteiger partial charge in [0, 0.05) is 43.0 Å². The number of hydrogen-bond donors (Lipinski definition) is 1. The minimum atomic E-state index is -0.454. The van der Waals surface area contributed by atoms with Gasteiger partial charge in [-0.25, -0.2) is 9.78 Å². The van der Waals surface area contributed by atoms with E-state index in [9.17, 15) is 9.59 Å². The van der Waals surface area contributed by atoms with Crippen LogP contribution in [0.3, 0.4) is 0 Å². The number of imidazole rings is 1. The van der Waals surface area contributed by atoms with Crippen LogP contribution in [0.15, 0.2) is 80.2 Å². The van der Waals surface area contributed by atoms with E-state index in [4.69, 9.17) is 4.42 Å². The van der Waals surface area contributed by atoms with Crippen LogP contribution in [0.2, 0.25) is 0 Å². The number of anilines is 1. The zero-order valence-electron chi connectivity index (χ0n) is 15.2. The summed E-state index contributed by atoms with van der Waals surface area (Å²) in [5.41, 5.74) is 1.92. The maximum atomic E-state index is 12.3. The van der Waals surface area contributed by atoms with Crippen molar-refractivity contribution in [1.82, 2.24) is 14.1 Å². The van der Waals surface area contributed by atoms with Crippen LogP contribution in [-0.2, 0) is 18.4 Å². The van der Waals surface area contributed by atoms with Crippen molar-refractivity contribution in [3.8, 4) is 0 Å². The average Bonchev–Trinajstić information content (AvgIpc) is 3.23. The molecule has 4 aromatic rings. The van der Waals surface area contributed by atoms with Crippen LogP contribution in [0.1, 0.15) is 6.42 Å². The van der Waals surface area contributed by atoms with Gasteiger partial charge in [-0.2, -0.15) is 0 Å². The monoisotopic (exact) mass is 394 g/mol. The number of fused-ring (bicyclic) bond motifs is 1. The number of hydrogen-bond acceptors (Lipinski definition) is 5. The molecule has 2 aromatic carbocycles. The number of carbonyl (C=O) groups is 1. The summed E-state index contributed by atoms with van der Waals surface area (Å²) in [6.07, 6.45) is 3.82. The predicted molar refractivity (Wildman–Crippen MR) is 107 cm³/mol. The molecule has 28 heavy (non-hydrogen) atoms. The predicted octanol–water partition coefficient (Wildman–Crippen LogP) is 3.51. The first-order chi connectivity index (χ1) is 13.6. The number of aromatic nitrogens is 3. The van der Waals surface area contributed by atoms with Crippen molar-refractivity contribution in [1.29, 1.82) is 0 Å². The van der Waals surface area contributed by atoms with Crippen LogP contribution in [0.4, 0.5) is 5.69 Å². The van der Waals surface area contributed by atoms with Gasteiger partial charge in [0.05, 0.1) is 5.52 Å². The second-order valence-electron chi connectivity index (χ2n) is 6.23. The number of carbonyl (C=O) groups excluding carboxylic acids is 1. The SMILES string of the molecule is Cn1ccnc1Sc1ccc(NC(=O)CCn2c(=O)oc3ccccc32)cc1. The molecule has 0 bridgehead atoms. The van der Waals surface area contributed by atoms with Crippen molar-refractivity contribution in [3.63, 3.8) is 0 Å². The summed E-state index contributed by atoms with van der Waals surface area (Å²) in [4.78, 5) is 29.5. The fraction of sp³-hybridized carbons (Fsp3) is 0.150. The average molecular weight is 394 g/mol. The molecular weight excluding hydrogens is 376 g/mol. The maximum Gasteiger partial charge on any atom is 0.419 e. The second-order valence-corrected chi connectivity index (χ2v) is 7.27. The summed E-state index contributed by atoms with van der Waals surface area (Å²) >= 11 is 1.55. The van der Waals surface area contributed by atoms with Gasteiger partial charge in [0.25, 0.3) is 0 Å². The Morgan fingerprint density at radius 1 is 1.18 bits per heavy atom. The number of oxazole rings is 1. The summed E-state index contributed by atoms with van der Waals surface area (Å²) in [7, 11) is 1.94. The molecule has 0 unspecified atom stereocenters. The minimum absolute atomic E-state index is 0.165. The highest BCUT2D eigenvalue weighted by molar-refractivity contribution is 7.99. The van der Waals surface area contributed by atoms with Crippen LogP contribution in [-0.4, -0.2) is 20.0 Å². The van der Waals surface area contributed by atoms with Crippen LogP contribution in [0.5, 0.6) is 0 Å². The molecular formula is C20H18N4O3S. The molecule has 0 spiro atoms. The quantitative estimate of drug-likeness (QED) is 0.541. The molecule has 142 valence electrons. The van der Waals surface area contributed by atoms with E-state index in [1.807, 2.05) is 48.1 Å². The van der Waals surface area contributed by atoms with E-state index in [2.05, 4.69) is 10.3 Å². The maximum absolute atomic E-state index is 12.3. The van der Waals surface area contributed by atoms with Crippen LogP contribution < -0.4 is 11.1 Å². The van der Waals surface area contributed by atoms with E-state index in [0.717, 1.165) is 10.1 Å². The number of amides is 1. The highest BCUT2D eigenvalue weighted by Gasteiger charge is 2.11. The van der Waals surface area contributed by atoms with E-state index in [1.165, 1.54) is 4.57 Å². The number of benzene rings is 2. The first kappa shape index (κ1) is 18.1. The molecule has 7 nitrogen and oxygen atoms in total. The van der Waals surface area contributed by atoms with Crippen LogP contribution in [0.25, 0.3) is 11.1 Å². The molecule has 0 aliphatic carbocycles. The molecule has 0 aliphatic heterocycles. The molecule has 1 amide bonds. The van der Waals surface area contributed by atoms with E-state index >= 15 is 0 Å². The molecule has 1 N–H and O–H groups in total. The fourth-order valence-corrected chi connectivity index (χ4v) is 3.63. The number of para-hydroxylation sites is 2. The van der Waals surface area contributed by atoms with Gasteiger partial charge in [0.15, 0.2) is 10.7 Å². The van der Waals surface area contributed by atoms with Crippen LogP contribution >= 0.6 is 11.8 Å². The second kappa shape index (κ2) is 7.77. The Bertz CT molecular complexity index is 1170. The smallest absolute Gasteiger partial charge is 0.408 e. The first-order valence-corrected chi connectivity index (χ1v) is 9.55. The van der Waals surface area contributed by atoms with Gasteiger partial charge in [-0.05, 0) is 36.4 Å². The zero-order chi connectivity index (χ0) is 19.5. The van der Waals surface area contributed by atoms with E-state index in [-0.39, 0.29) is 18.9 Å². The van der Waals surface area contributed by atoms with Crippen LogP contribution in [0, 0.1) is 0 Å². The Hall–Kier alpha value is -3.26. The summed E-state index contributed by atoms with van der Waals surface area (Å²) in [6.45, 7) is 0.259. The van der Waals surface area contributed by atoms with Gasteiger partial charge in [-0.3, -0.25) is 9.36 Å². The number of nitrogens with zero attached hydrogens (tertiary/aromatic N) is 3. The molecule has 2 heterocycles. The summed E-state index contributed by atoms with van der Waals surface area (Å²) in [6, 6.07) is 14.7. The third-order valence-electron chi connectivity index (χ3n) is 4.26. The van der Waals surface area contributed by atoms with Crippen molar-refractivity contribution < 1.29 is 9.21 Å². The fourth-order valence-electron chi connectivity index (χ4n) is 2.82. The molecule has 2 aromatic heterocycles. The van der Waals surface area contributed by atoms with Crippen molar-refractivity contribution in [2.75, 3.05) is 5.32 Å². The summed E-state index contributed by atoms with van der Waals surface area (Å²) in [5, 5.41) is 3.75. The molecule has 0 radical (unpaired) electrons. The molecule has 0 aliphatic rings. The van der Waals surface area contributed by atoms with Gasteiger partial charge < -0.3 is 14.3 Å². The zero-order valence-corrected chi connectivity index (χ0v) is 16.0. The van der Waals surface area contributed by atoms with E-state index in [0.29, 0.717) is 16.8 Å². The third kappa shape index (κ3) is 3.86. The Labute approximate surface area is 165 Å². The first-order valence-electron chi connectivity index (χ1n) is 8.73. The molecule has 0 atom stereocenters. The van der Waals surface area contributed by atoms with Crippen molar-refractivity contribution in [2.45, 2.75) is 23.0 Å². The lowest BCUT2D eigenvalue weighted by molar-refractivity contribution is -0.116. The summed E-state index contributed by atoms with van der Waals surface area (Å²) in [5.74, 6) is -0.619. The lowest BCUT2D eigenvalue weighted by Gasteiger charge is -2.07. The topological polar surface area (TPSA) is 82.1 Å². The summed E-state index contributed by atoms with van der Waals surface area (Å²) < 4.78 is 8.60. The van der Waals surface area contributed by atoms with Gasteiger partial charge >= 0.3 is 5.76 Å². The van der Waals surface area contributed by atoms with Crippen molar-refractivity contribution in [2.24, 2.45) is 7.05 Å². The normalized spacial score (nSPS) is 11.0. The van der Waals surface area contributed by atoms with Gasteiger partial charge in [0.2, 0.25) is 5.91 Å². The minimum Gasteiger partial charge on any atom is -0.408 e. The number of aryl methyl sites for hydroxylation is 2. The van der Waals surface area contributed by atoms with E-state index in [1.54, 1.807) is 36.2 Å². The molecule has 0 fully saturated rings. The highest BCUT2D eigenvalue weighted by Crippen LogP contribution is 2.26. The Balaban J connectivity index is 1.36. The number of nitrogens with one attached hydrogen (secondary N) is 1. The Morgan fingerprint density at radius 3 is 2.71 bits per heavy atom. The lowest BCUT2D eigenvalue weighted by Crippen LogP contribution is -2.19. The third-order valence-corrected chi connectivity index (χ3v) is 5.34.